The van der Waals surface area contributed by atoms with E-state index in [4.69, 9.17) is 4.74 Å². The van der Waals surface area contributed by atoms with Crippen LogP contribution in [0.5, 0.6) is 0 Å². The number of hydrogen-bond acceptors (Lipinski definition) is 7. The van der Waals surface area contributed by atoms with Crippen molar-refractivity contribution in [1.82, 2.24) is 9.97 Å². The highest BCUT2D eigenvalue weighted by atomic mass is 16.5. The number of aromatic nitrogens is 2. The van der Waals surface area contributed by atoms with Gasteiger partial charge in [-0.15, -0.1) is 0 Å². The Morgan fingerprint density at radius 1 is 1.27 bits per heavy atom. The van der Waals surface area contributed by atoms with E-state index < -0.39 is 5.97 Å². The van der Waals surface area contributed by atoms with E-state index in [2.05, 4.69) is 25.3 Å². The number of nitrogens with one attached hydrogen (secondary N) is 2. The van der Waals surface area contributed by atoms with Crippen LogP contribution in [0.2, 0.25) is 0 Å². The van der Waals surface area contributed by atoms with Crippen LogP contribution in [0.15, 0.2) is 36.7 Å². The minimum atomic E-state index is -0.467. The molecule has 1 aliphatic heterocycles. The number of hydrogen-bond donors (Lipinski definition) is 2. The van der Waals surface area contributed by atoms with Crippen LogP contribution in [-0.4, -0.2) is 48.2 Å². The molecule has 8 heteroatoms. The van der Waals surface area contributed by atoms with Gasteiger partial charge in [0.25, 0.3) is 5.91 Å². The average molecular weight is 356 g/mol. The quantitative estimate of drug-likeness (QED) is 0.764. The van der Waals surface area contributed by atoms with E-state index in [1.165, 1.54) is 19.5 Å². The van der Waals surface area contributed by atoms with E-state index in [9.17, 15) is 9.59 Å². The number of amides is 1. The Bertz CT molecular complexity index is 773. The minimum absolute atomic E-state index is 0.184. The smallest absolute Gasteiger partial charge is 0.337 e. The molecule has 0 saturated carbocycles. The summed E-state index contributed by atoms with van der Waals surface area (Å²) in [5, 5.41) is 5.81. The SMILES string of the molecule is COC(=O)c1cccc(NC(=O)c2cnc(NCC3CCCO3)nc2)c1. The summed E-state index contributed by atoms with van der Waals surface area (Å²) >= 11 is 0. The molecule has 1 unspecified atom stereocenters. The second kappa shape index (κ2) is 8.39. The van der Waals surface area contributed by atoms with Gasteiger partial charge in [-0.05, 0) is 31.0 Å². The van der Waals surface area contributed by atoms with E-state index in [0.29, 0.717) is 29.3 Å². The van der Waals surface area contributed by atoms with E-state index in [1.807, 2.05) is 0 Å². The maximum Gasteiger partial charge on any atom is 0.337 e. The lowest BCUT2D eigenvalue weighted by Crippen LogP contribution is -2.20. The van der Waals surface area contributed by atoms with Crippen molar-refractivity contribution in [2.75, 3.05) is 30.9 Å². The van der Waals surface area contributed by atoms with Gasteiger partial charge in [-0.2, -0.15) is 0 Å². The number of esters is 1. The molecule has 3 rings (SSSR count). The molecule has 1 aliphatic rings. The summed E-state index contributed by atoms with van der Waals surface area (Å²) in [6.45, 7) is 1.44. The Morgan fingerprint density at radius 2 is 2.08 bits per heavy atom. The highest BCUT2D eigenvalue weighted by Gasteiger charge is 2.15. The third kappa shape index (κ3) is 4.54. The zero-order valence-electron chi connectivity index (χ0n) is 14.4. The van der Waals surface area contributed by atoms with Gasteiger partial charge < -0.3 is 20.1 Å². The summed E-state index contributed by atoms with van der Waals surface area (Å²) in [6.07, 6.45) is 5.18. The molecule has 1 atom stereocenters. The van der Waals surface area contributed by atoms with Gasteiger partial charge >= 0.3 is 5.97 Å². The Kier molecular flexibility index (Phi) is 5.75. The van der Waals surface area contributed by atoms with Crippen molar-refractivity contribution >= 4 is 23.5 Å². The summed E-state index contributed by atoms with van der Waals surface area (Å²) in [6, 6.07) is 6.50. The molecule has 1 fully saturated rings. The number of nitrogens with zero attached hydrogens (tertiary/aromatic N) is 2. The number of carbonyl (C=O) groups is 2. The van der Waals surface area contributed by atoms with Crippen molar-refractivity contribution in [3.05, 3.63) is 47.8 Å². The molecular weight excluding hydrogens is 336 g/mol. The van der Waals surface area contributed by atoms with Gasteiger partial charge in [-0.25, -0.2) is 14.8 Å². The first kappa shape index (κ1) is 17.8. The Labute approximate surface area is 150 Å². The molecule has 2 aromatic rings. The van der Waals surface area contributed by atoms with Gasteiger partial charge in [0, 0.05) is 31.2 Å². The summed E-state index contributed by atoms with van der Waals surface area (Å²) in [4.78, 5) is 32.1. The third-order valence-electron chi connectivity index (χ3n) is 3.97. The molecule has 0 bridgehead atoms. The van der Waals surface area contributed by atoms with Gasteiger partial charge in [0.1, 0.15) is 0 Å². The maximum absolute atomic E-state index is 12.3. The Hall–Kier alpha value is -3.00. The third-order valence-corrected chi connectivity index (χ3v) is 3.97. The van der Waals surface area contributed by atoms with Crippen LogP contribution >= 0.6 is 0 Å². The minimum Gasteiger partial charge on any atom is -0.465 e. The van der Waals surface area contributed by atoms with Crippen LogP contribution in [0, 0.1) is 0 Å². The number of benzene rings is 1. The van der Waals surface area contributed by atoms with E-state index >= 15 is 0 Å². The molecule has 1 aromatic heterocycles. The van der Waals surface area contributed by atoms with Crippen molar-refractivity contribution in [2.24, 2.45) is 0 Å². The summed E-state index contributed by atoms with van der Waals surface area (Å²) < 4.78 is 10.2. The zero-order valence-corrected chi connectivity index (χ0v) is 14.4. The second-order valence-electron chi connectivity index (χ2n) is 5.84. The van der Waals surface area contributed by atoms with Crippen molar-refractivity contribution in [1.29, 1.82) is 0 Å². The van der Waals surface area contributed by atoms with Crippen molar-refractivity contribution in [2.45, 2.75) is 18.9 Å². The first-order valence-electron chi connectivity index (χ1n) is 8.33. The van der Waals surface area contributed by atoms with Gasteiger partial charge in [-0.3, -0.25) is 4.79 Å². The molecule has 1 saturated heterocycles. The number of methoxy groups -OCH3 is 1. The molecule has 1 amide bonds. The van der Waals surface area contributed by atoms with Crippen LogP contribution in [0.4, 0.5) is 11.6 Å². The van der Waals surface area contributed by atoms with Gasteiger partial charge in [0.05, 0.1) is 24.3 Å². The lowest BCUT2D eigenvalue weighted by molar-refractivity contribution is 0.0600. The van der Waals surface area contributed by atoms with E-state index in [1.54, 1.807) is 24.3 Å². The number of ether oxygens (including phenoxy) is 2. The fourth-order valence-electron chi connectivity index (χ4n) is 2.59. The zero-order chi connectivity index (χ0) is 18.4. The molecule has 1 aromatic carbocycles. The van der Waals surface area contributed by atoms with Gasteiger partial charge in [0.15, 0.2) is 0 Å². The van der Waals surface area contributed by atoms with Crippen molar-refractivity contribution < 1.29 is 19.1 Å². The topological polar surface area (TPSA) is 102 Å². The lowest BCUT2D eigenvalue weighted by Gasteiger charge is -2.10. The van der Waals surface area contributed by atoms with E-state index in [0.717, 1.165) is 19.4 Å². The first-order chi connectivity index (χ1) is 12.7. The molecule has 0 spiro atoms. The fourth-order valence-corrected chi connectivity index (χ4v) is 2.59. The van der Waals surface area contributed by atoms with Crippen LogP contribution in [0.25, 0.3) is 0 Å². The maximum atomic E-state index is 12.3. The molecule has 8 nitrogen and oxygen atoms in total. The van der Waals surface area contributed by atoms with Crippen LogP contribution in [0.1, 0.15) is 33.6 Å². The molecule has 26 heavy (non-hydrogen) atoms. The second-order valence-corrected chi connectivity index (χ2v) is 5.84. The standard InChI is InChI=1S/C18H20N4O4/c1-25-17(24)12-4-2-5-14(8-12)22-16(23)13-9-19-18(20-10-13)21-11-15-6-3-7-26-15/h2,4-5,8-10,15H,3,6-7,11H2,1H3,(H,22,23)(H,19,20,21). The van der Waals surface area contributed by atoms with Crippen LogP contribution < -0.4 is 10.6 Å². The van der Waals surface area contributed by atoms with Gasteiger partial charge in [-0.1, -0.05) is 6.07 Å². The number of carbonyl (C=O) groups excluding carboxylic acids is 2. The summed E-state index contributed by atoms with van der Waals surface area (Å²) in [5.74, 6) is -0.381. The largest absolute Gasteiger partial charge is 0.465 e. The Balaban J connectivity index is 1.58. The highest BCUT2D eigenvalue weighted by molar-refractivity contribution is 6.04. The molecular formula is C18H20N4O4. The molecule has 0 radical (unpaired) electrons. The normalized spacial score (nSPS) is 16.1. The predicted molar refractivity (Wildman–Crippen MR) is 95.2 cm³/mol. The molecule has 136 valence electrons. The molecule has 0 aliphatic carbocycles. The van der Waals surface area contributed by atoms with Crippen molar-refractivity contribution in [3.8, 4) is 0 Å². The van der Waals surface area contributed by atoms with Crippen molar-refractivity contribution in [3.63, 3.8) is 0 Å². The van der Waals surface area contributed by atoms with Crippen LogP contribution in [-0.2, 0) is 9.47 Å². The number of anilines is 2. The molecule has 2 N–H and O–H groups in total. The van der Waals surface area contributed by atoms with E-state index in [-0.39, 0.29) is 12.0 Å². The predicted octanol–water partition coefficient (Wildman–Crippen LogP) is 2.11. The summed E-state index contributed by atoms with van der Waals surface area (Å²) in [5.41, 5.74) is 1.16. The van der Waals surface area contributed by atoms with Crippen LogP contribution in [0.3, 0.4) is 0 Å². The molecule has 2 heterocycles. The highest BCUT2D eigenvalue weighted by Crippen LogP contribution is 2.14. The Morgan fingerprint density at radius 3 is 2.77 bits per heavy atom. The monoisotopic (exact) mass is 356 g/mol. The summed E-state index contributed by atoms with van der Waals surface area (Å²) in [7, 11) is 1.30. The van der Waals surface area contributed by atoms with Gasteiger partial charge in [0.2, 0.25) is 5.95 Å². The first-order valence-corrected chi connectivity index (χ1v) is 8.33. The fraction of sp³-hybridized carbons (Fsp3) is 0.333. The average Bonchev–Trinajstić information content (AvgIpc) is 3.20. The number of rotatable bonds is 6. The lowest BCUT2D eigenvalue weighted by atomic mass is 10.2.